The maximum absolute atomic E-state index is 11.6. The fourth-order valence-corrected chi connectivity index (χ4v) is 3.09. The zero-order valence-corrected chi connectivity index (χ0v) is 12.4. The van der Waals surface area contributed by atoms with Crippen LogP contribution in [0.2, 0.25) is 0 Å². The molecule has 2 heterocycles. The van der Waals surface area contributed by atoms with Crippen LogP contribution < -0.4 is 5.32 Å². The van der Waals surface area contributed by atoms with E-state index >= 15 is 0 Å². The molecule has 0 aliphatic carbocycles. The monoisotopic (exact) mass is 269 g/mol. The maximum atomic E-state index is 11.6. The zero-order valence-electron chi connectivity index (χ0n) is 12.4. The fraction of sp³-hybridized carbons (Fsp3) is 0.929. The molecule has 2 aliphatic heterocycles. The summed E-state index contributed by atoms with van der Waals surface area (Å²) in [6.45, 7) is 7.36. The molecule has 2 rings (SSSR count). The van der Waals surface area contributed by atoms with E-state index in [4.69, 9.17) is 4.74 Å². The lowest BCUT2D eigenvalue weighted by atomic mass is 10.0. The Morgan fingerprint density at radius 1 is 1.32 bits per heavy atom. The third-order valence-electron chi connectivity index (χ3n) is 4.38. The molecule has 1 amide bonds. The van der Waals surface area contributed by atoms with E-state index in [-0.39, 0.29) is 6.09 Å². The number of hydrogen-bond acceptors (Lipinski definition) is 4. The molecule has 110 valence electrons. The number of carbonyl (C=O) groups is 1. The number of nitrogens with one attached hydrogen (secondary N) is 1. The molecule has 0 radical (unpaired) electrons. The molecule has 2 aliphatic rings. The van der Waals surface area contributed by atoms with E-state index in [2.05, 4.69) is 24.2 Å². The molecule has 0 bridgehead atoms. The lowest BCUT2D eigenvalue weighted by Crippen LogP contribution is -2.48. The normalized spacial score (nSPS) is 29.7. The zero-order chi connectivity index (χ0) is 13.8. The number of amides is 1. The average Bonchev–Trinajstić information content (AvgIpc) is 2.69. The van der Waals surface area contributed by atoms with E-state index in [1.807, 2.05) is 11.8 Å². The van der Waals surface area contributed by atoms with E-state index in [0.29, 0.717) is 24.7 Å². The molecular formula is C14H27N3O2. The highest BCUT2D eigenvalue weighted by Gasteiger charge is 2.30. The van der Waals surface area contributed by atoms with Crippen LogP contribution in [0.3, 0.4) is 0 Å². The molecule has 19 heavy (non-hydrogen) atoms. The van der Waals surface area contributed by atoms with Gasteiger partial charge in [-0.3, -0.25) is 0 Å². The lowest BCUT2D eigenvalue weighted by molar-refractivity contribution is 0.0943. The summed E-state index contributed by atoms with van der Waals surface area (Å²) in [6, 6.07) is 1.84. The van der Waals surface area contributed by atoms with Gasteiger partial charge in [-0.15, -0.1) is 0 Å². The number of carbonyl (C=O) groups excluding carboxylic acids is 1. The summed E-state index contributed by atoms with van der Waals surface area (Å²) >= 11 is 0. The van der Waals surface area contributed by atoms with Crippen LogP contribution in [0.25, 0.3) is 0 Å². The van der Waals surface area contributed by atoms with E-state index in [1.165, 1.54) is 6.42 Å². The van der Waals surface area contributed by atoms with Crippen molar-refractivity contribution in [3.8, 4) is 0 Å². The number of rotatable bonds is 3. The number of piperidine rings is 1. The molecule has 0 saturated carbocycles. The number of ether oxygens (including phenoxy) is 1. The Morgan fingerprint density at radius 2 is 2.00 bits per heavy atom. The molecule has 2 unspecified atom stereocenters. The summed E-state index contributed by atoms with van der Waals surface area (Å²) in [4.78, 5) is 15.8. The molecule has 2 atom stereocenters. The second kappa shape index (κ2) is 6.57. The van der Waals surface area contributed by atoms with Crippen LogP contribution in [-0.4, -0.2) is 67.3 Å². The standard InChI is InChI=1S/C14H27N3O2/c1-4-19-14(18)17-7-5-12(6-8-17)15-13-9-11(2)16(3)10-13/h11-13,15H,4-10H2,1-3H3. The van der Waals surface area contributed by atoms with E-state index in [0.717, 1.165) is 32.5 Å². The first kappa shape index (κ1) is 14.6. The number of hydrogen-bond donors (Lipinski definition) is 1. The highest BCUT2D eigenvalue weighted by Crippen LogP contribution is 2.18. The fourth-order valence-electron chi connectivity index (χ4n) is 3.09. The van der Waals surface area contributed by atoms with Gasteiger partial charge in [0.2, 0.25) is 0 Å². The minimum atomic E-state index is -0.157. The molecule has 5 nitrogen and oxygen atoms in total. The van der Waals surface area contributed by atoms with Gasteiger partial charge in [0.25, 0.3) is 0 Å². The number of likely N-dealkylation sites (tertiary alicyclic amines) is 2. The van der Waals surface area contributed by atoms with Crippen molar-refractivity contribution < 1.29 is 9.53 Å². The Labute approximate surface area is 116 Å². The van der Waals surface area contributed by atoms with Crippen LogP contribution in [0.15, 0.2) is 0 Å². The van der Waals surface area contributed by atoms with Gasteiger partial charge in [0.05, 0.1) is 6.61 Å². The van der Waals surface area contributed by atoms with Crippen molar-refractivity contribution in [1.82, 2.24) is 15.1 Å². The summed E-state index contributed by atoms with van der Waals surface area (Å²) in [5.74, 6) is 0. The topological polar surface area (TPSA) is 44.8 Å². The van der Waals surface area contributed by atoms with Gasteiger partial charge in [-0.25, -0.2) is 4.79 Å². The van der Waals surface area contributed by atoms with Crippen LogP contribution in [0.4, 0.5) is 4.79 Å². The molecule has 0 aromatic rings. The molecular weight excluding hydrogens is 242 g/mol. The molecule has 5 heteroatoms. The lowest BCUT2D eigenvalue weighted by Gasteiger charge is -2.33. The summed E-state index contributed by atoms with van der Waals surface area (Å²) in [6.07, 6.45) is 3.14. The van der Waals surface area contributed by atoms with Crippen molar-refractivity contribution in [2.45, 2.75) is 51.2 Å². The molecule has 0 aromatic heterocycles. The Hall–Kier alpha value is -0.810. The quantitative estimate of drug-likeness (QED) is 0.838. The molecule has 1 N–H and O–H groups in total. The summed E-state index contributed by atoms with van der Waals surface area (Å²) < 4.78 is 5.04. The molecule has 0 aromatic carbocycles. The van der Waals surface area contributed by atoms with E-state index in [1.54, 1.807) is 0 Å². The highest BCUT2D eigenvalue weighted by molar-refractivity contribution is 5.67. The van der Waals surface area contributed by atoms with Crippen molar-refractivity contribution in [2.24, 2.45) is 0 Å². The van der Waals surface area contributed by atoms with Crippen LogP contribution in [0.1, 0.15) is 33.1 Å². The number of likely N-dealkylation sites (N-methyl/N-ethyl adjacent to an activating group) is 1. The van der Waals surface area contributed by atoms with Gasteiger partial charge in [0.15, 0.2) is 0 Å². The van der Waals surface area contributed by atoms with Crippen LogP contribution >= 0.6 is 0 Å². The Morgan fingerprint density at radius 3 is 2.53 bits per heavy atom. The van der Waals surface area contributed by atoms with Gasteiger partial charge < -0.3 is 19.9 Å². The first-order chi connectivity index (χ1) is 9.10. The smallest absolute Gasteiger partial charge is 0.409 e. The minimum absolute atomic E-state index is 0.157. The van der Waals surface area contributed by atoms with Crippen LogP contribution in [0, 0.1) is 0 Å². The van der Waals surface area contributed by atoms with Crippen molar-refractivity contribution in [3.05, 3.63) is 0 Å². The Kier molecular flexibility index (Phi) is 5.05. The summed E-state index contributed by atoms with van der Waals surface area (Å²) in [5.41, 5.74) is 0. The Balaban J connectivity index is 1.70. The van der Waals surface area contributed by atoms with Crippen molar-refractivity contribution in [3.63, 3.8) is 0 Å². The molecule has 2 saturated heterocycles. The van der Waals surface area contributed by atoms with Gasteiger partial charge in [-0.1, -0.05) is 0 Å². The third kappa shape index (κ3) is 3.83. The molecule has 2 fully saturated rings. The maximum Gasteiger partial charge on any atom is 0.409 e. The SMILES string of the molecule is CCOC(=O)N1CCC(NC2CC(C)N(C)C2)CC1. The second-order valence-electron chi connectivity index (χ2n) is 5.85. The summed E-state index contributed by atoms with van der Waals surface area (Å²) in [5, 5.41) is 3.75. The van der Waals surface area contributed by atoms with Gasteiger partial charge in [0, 0.05) is 37.8 Å². The van der Waals surface area contributed by atoms with Crippen LogP contribution in [0.5, 0.6) is 0 Å². The largest absolute Gasteiger partial charge is 0.450 e. The van der Waals surface area contributed by atoms with Crippen LogP contribution in [-0.2, 0) is 4.74 Å². The van der Waals surface area contributed by atoms with Crippen molar-refractivity contribution in [2.75, 3.05) is 33.3 Å². The minimum Gasteiger partial charge on any atom is -0.450 e. The van der Waals surface area contributed by atoms with Crippen molar-refractivity contribution in [1.29, 1.82) is 0 Å². The predicted molar refractivity (Wildman–Crippen MR) is 75.2 cm³/mol. The van der Waals surface area contributed by atoms with Gasteiger partial charge in [-0.05, 0) is 40.2 Å². The van der Waals surface area contributed by atoms with E-state index in [9.17, 15) is 4.79 Å². The highest BCUT2D eigenvalue weighted by atomic mass is 16.6. The Bertz CT molecular complexity index is 293. The predicted octanol–water partition coefficient (Wildman–Crippen LogP) is 1.29. The third-order valence-corrected chi connectivity index (χ3v) is 4.38. The first-order valence-corrected chi connectivity index (χ1v) is 7.48. The van der Waals surface area contributed by atoms with Gasteiger partial charge in [-0.2, -0.15) is 0 Å². The first-order valence-electron chi connectivity index (χ1n) is 7.48. The second-order valence-corrected chi connectivity index (χ2v) is 5.85. The van der Waals surface area contributed by atoms with Gasteiger partial charge in [0.1, 0.15) is 0 Å². The van der Waals surface area contributed by atoms with E-state index < -0.39 is 0 Å². The average molecular weight is 269 g/mol. The summed E-state index contributed by atoms with van der Waals surface area (Å²) in [7, 11) is 2.19. The molecule has 0 spiro atoms. The van der Waals surface area contributed by atoms with Crippen molar-refractivity contribution >= 4 is 6.09 Å². The van der Waals surface area contributed by atoms with Gasteiger partial charge >= 0.3 is 6.09 Å². The number of nitrogens with zero attached hydrogens (tertiary/aromatic N) is 2.